The van der Waals surface area contributed by atoms with Gasteiger partial charge in [0.25, 0.3) is 0 Å². The summed E-state index contributed by atoms with van der Waals surface area (Å²) in [5, 5.41) is 2.85. The lowest BCUT2D eigenvalue weighted by Gasteiger charge is -2.06. The Labute approximate surface area is 96.7 Å². The largest absolute Gasteiger partial charge is 0.466 e. The number of carbonyl (C=O) groups is 2. The van der Waals surface area contributed by atoms with E-state index in [-0.39, 0.29) is 23.2 Å². The Balaban J connectivity index is 2.04. The third kappa shape index (κ3) is 3.83. The molecule has 0 aliphatic heterocycles. The fourth-order valence-corrected chi connectivity index (χ4v) is 1.72. The van der Waals surface area contributed by atoms with E-state index in [1.807, 2.05) is 0 Å². The molecule has 1 rings (SSSR count). The monoisotopic (exact) mass is 227 g/mol. The molecule has 1 fully saturated rings. The van der Waals surface area contributed by atoms with Crippen molar-refractivity contribution in [2.75, 3.05) is 13.2 Å². The van der Waals surface area contributed by atoms with Gasteiger partial charge in [0.1, 0.15) is 0 Å². The summed E-state index contributed by atoms with van der Waals surface area (Å²) in [7, 11) is 0. The smallest absolute Gasteiger partial charge is 0.305 e. The molecule has 1 saturated carbocycles. The van der Waals surface area contributed by atoms with Crippen molar-refractivity contribution in [1.82, 2.24) is 5.32 Å². The molecule has 92 valence electrons. The summed E-state index contributed by atoms with van der Waals surface area (Å²) in [5.74, 6) is 0.0902. The van der Waals surface area contributed by atoms with Gasteiger partial charge in [-0.3, -0.25) is 9.59 Å². The Morgan fingerprint density at radius 1 is 1.44 bits per heavy atom. The quantitative estimate of drug-likeness (QED) is 0.552. The third-order valence-corrected chi connectivity index (χ3v) is 2.99. The standard InChI is InChI=1S/C12H21NO3/c1-4-16-10(14)6-5-7-13-11(15)9-8-12(9,2)3/h9H,4-8H2,1-3H3,(H,13,15). The van der Waals surface area contributed by atoms with E-state index in [0.29, 0.717) is 26.0 Å². The maximum Gasteiger partial charge on any atom is 0.305 e. The highest BCUT2D eigenvalue weighted by Crippen LogP contribution is 2.51. The molecule has 0 aromatic heterocycles. The first-order valence-electron chi connectivity index (χ1n) is 5.90. The van der Waals surface area contributed by atoms with Gasteiger partial charge >= 0.3 is 5.97 Å². The molecule has 1 unspecified atom stereocenters. The highest BCUT2D eigenvalue weighted by Gasteiger charge is 2.50. The topological polar surface area (TPSA) is 55.4 Å². The van der Waals surface area contributed by atoms with Crippen molar-refractivity contribution in [3.63, 3.8) is 0 Å². The zero-order valence-corrected chi connectivity index (χ0v) is 10.3. The third-order valence-electron chi connectivity index (χ3n) is 2.99. The summed E-state index contributed by atoms with van der Waals surface area (Å²) in [6.07, 6.45) is 2.00. The fourth-order valence-electron chi connectivity index (χ4n) is 1.72. The van der Waals surface area contributed by atoms with E-state index in [2.05, 4.69) is 19.2 Å². The second kappa shape index (κ2) is 5.32. The Bertz CT molecular complexity index is 273. The first-order chi connectivity index (χ1) is 7.47. The number of hydrogen-bond acceptors (Lipinski definition) is 3. The molecular weight excluding hydrogens is 206 g/mol. The van der Waals surface area contributed by atoms with E-state index in [1.165, 1.54) is 0 Å². The first-order valence-corrected chi connectivity index (χ1v) is 5.90. The maximum atomic E-state index is 11.6. The highest BCUT2D eigenvalue weighted by atomic mass is 16.5. The van der Waals surface area contributed by atoms with Gasteiger partial charge in [-0.25, -0.2) is 0 Å². The van der Waals surface area contributed by atoms with Gasteiger partial charge in [0.15, 0.2) is 0 Å². The number of hydrogen-bond donors (Lipinski definition) is 1. The number of carbonyl (C=O) groups excluding carboxylic acids is 2. The molecule has 16 heavy (non-hydrogen) atoms. The van der Waals surface area contributed by atoms with Crippen molar-refractivity contribution >= 4 is 11.9 Å². The van der Waals surface area contributed by atoms with Crippen LogP contribution in [0.3, 0.4) is 0 Å². The lowest BCUT2D eigenvalue weighted by molar-refractivity contribution is -0.143. The highest BCUT2D eigenvalue weighted by molar-refractivity contribution is 5.82. The van der Waals surface area contributed by atoms with Gasteiger partial charge in [0.2, 0.25) is 5.91 Å². The average molecular weight is 227 g/mol. The molecular formula is C12H21NO3. The zero-order valence-electron chi connectivity index (χ0n) is 10.3. The maximum absolute atomic E-state index is 11.6. The van der Waals surface area contributed by atoms with Crippen LogP contribution in [0.25, 0.3) is 0 Å². The zero-order chi connectivity index (χ0) is 12.2. The molecule has 0 heterocycles. The predicted octanol–water partition coefficient (Wildman–Crippen LogP) is 1.49. The Morgan fingerprint density at radius 2 is 2.06 bits per heavy atom. The number of nitrogens with one attached hydrogen (secondary N) is 1. The van der Waals surface area contributed by atoms with Crippen molar-refractivity contribution in [3.05, 3.63) is 0 Å². The summed E-state index contributed by atoms with van der Waals surface area (Å²) < 4.78 is 4.79. The molecule has 4 nitrogen and oxygen atoms in total. The summed E-state index contributed by atoms with van der Waals surface area (Å²) in [4.78, 5) is 22.6. The molecule has 1 amide bonds. The van der Waals surface area contributed by atoms with Gasteiger partial charge in [0, 0.05) is 18.9 Å². The minimum absolute atomic E-state index is 0.119. The van der Waals surface area contributed by atoms with Crippen LogP contribution in [0.5, 0.6) is 0 Å². The Morgan fingerprint density at radius 3 is 2.56 bits per heavy atom. The number of esters is 1. The SMILES string of the molecule is CCOC(=O)CCCNC(=O)C1CC1(C)C. The number of amides is 1. The van der Waals surface area contributed by atoms with Crippen LogP contribution < -0.4 is 5.32 Å². The Hall–Kier alpha value is -1.06. The number of ether oxygens (including phenoxy) is 1. The van der Waals surface area contributed by atoms with Crippen LogP contribution in [-0.4, -0.2) is 25.0 Å². The normalized spacial score (nSPS) is 21.3. The van der Waals surface area contributed by atoms with Crippen molar-refractivity contribution < 1.29 is 14.3 Å². The van der Waals surface area contributed by atoms with Gasteiger partial charge in [-0.05, 0) is 25.2 Å². The van der Waals surface area contributed by atoms with E-state index >= 15 is 0 Å². The lowest BCUT2D eigenvalue weighted by atomic mass is 10.1. The predicted molar refractivity (Wildman–Crippen MR) is 60.8 cm³/mol. The van der Waals surface area contributed by atoms with Crippen LogP contribution in [-0.2, 0) is 14.3 Å². The molecule has 0 spiro atoms. The van der Waals surface area contributed by atoms with Gasteiger partial charge in [-0.2, -0.15) is 0 Å². The van der Waals surface area contributed by atoms with Crippen LogP contribution in [0, 0.1) is 11.3 Å². The van der Waals surface area contributed by atoms with E-state index in [0.717, 1.165) is 6.42 Å². The van der Waals surface area contributed by atoms with Crippen LogP contribution in [0.4, 0.5) is 0 Å². The molecule has 1 atom stereocenters. The molecule has 4 heteroatoms. The second-order valence-corrected chi connectivity index (χ2v) is 4.94. The molecule has 1 aliphatic rings. The van der Waals surface area contributed by atoms with Crippen molar-refractivity contribution in [2.24, 2.45) is 11.3 Å². The molecule has 0 bridgehead atoms. The van der Waals surface area contributed by atoms with Crippen molar-refractivity contribution in [1.29, 1.82) is 0 Å². The number of rotatable bonds is 6. The minimum atomic E-state index is -0.191. The van der Waals surface area contributed by atoms with Crippen LogP contribution in [0.2, 0.25) is 0 Å². The molecule has 0 aromatic rings. The summed E-state index contributed by atoms with van der Waals surface area (Å²) in [5.41, 5.74) is 0.172. The van der Waals surface area contributed by atoms with E-state index in [4.69, 9.17) is 4.74 Å². The van der Waals surface area contributed by atoms with Gasteiger partial charge < -0.3 is 10.1 Å². The van der Waals surface area contributed by atoms with E-state index < -0.39 is 0 Å². The van der Waals surface area contributed by atoms with E-state index in [9.17, 15) is 9.59 Å². The molecule has 0 aromatic carbocycles. The summed E-state index contributed by atoms with van der Waals surface area (Å²) >= 11 is 0. The van der Waals surface area contributed by atoms with Gasteiger partial charge in [-0.15, -0.1) is 0 Å². The second-order valence-electron chi connectivity index (χ2n) is 4.94. The fraction of sp³-hybridized carbons (Fsp3) is 0.833. The summed E-state index contributed by atoms with van der Waals surface area (Å²) in [6, 6.07) is 0. The molecule has 0 radical (unpaired) electrons. The summed E-state index contributed by atoms with van der Waals surface area (Å²) in [6.45, 7) is 6.95. The van der Waals surface area contributed by atoms with Gasteiger partial charge in [-0.1, -0.05) is 13.8 Å². The van der Waals surface area contributed by atoms with Crippen molar-refractivity contribution in [2.45, 2.75) is 40.0 Å². The molecule has 0 saturated heterocycles. The van der Waals surface area contributed by atoms with E-state index in [1.54, 1.807) is 6.92 Å². The van der Waals surface area contributed by atoms with Gasteiger partial charge in [0.05, 0.1) is 6.61 Å². The van der Waals surface area contributed by atoms with Crippen LogP contribution in [0.15, 0.2) is 0 Å². The van der Waals surface area contributed by atoms with Crippen LogP contribution in [0.1, 0.15) is 40.0 Å². The Kier molecular flexibility index (Phi) is 4.33. The van der Waals surface area contributed by atoms with Crippen LogP contribution >= 0.6 is 0 Å². The molecule has 1 aliphatic carbocycles. The molecule has 1 N–H and O–H groups in total. The average Bonchev–Trinajstić information content (AvgIpc) is 2.83. The lowest BCUT2D eigenvalue weighted by Crippen LogP contribution is -2.27. The first kappa shape index (κ1) is 13.0. The van der Waals surface area contributed by atoms with Crippen molar-refractivity contribution in [3.8, 4) is 0 Å². The minimum Gasteiger partial charge on any atom is -0.466 e.